The van der Waals surface area contributed by atoms with Crippen LogP contribution in [0.25, 0.3) is 0 Å². The molecule has 1 amide bonds. The lowest BCUT2D eigenvalue weighted by molar-refractivity contribution is 0.103. The van der Waals surface area contributed by atoms with E-state index in [0.717, 1.165) is 4.88 Å². The fourth-order valence-corrected chi connectivity index (χ4v) is 2.52. The molecule has 106 valence electrons. The van der Waals surface area contributed by atoms with Crippen molar-refractivity contribution in [3.63, 3.8) is 0 Å². The molecular formula is C14H16N2O3S. The molecule has 0 fully saturated rings. The standard InChI is InChI=1S/C14H16N2O3S/c1-8-12(15)7-13(20-8)14(17)16-9-4-10(18-2)6-11(5-9)19-3/h4-7H,15H2,1-3H3,(H,16,17). The quantitative estimate of drug-likeness (QED) is 0.908. The van der Waals surface area contributed by atoms with Crippen LogP contribution in [0.2, 0.25) is 0 Å². The molecule has 3 N–H and O–H groups in total. The number of nitrogens with one attached hydrogen (secondary N) is 1. The number of rotatable bonds is 4. The second kappa shape index (κ2) is 5.83. The fraction of sp³-hybridized carbons (Fsp3) is 0.214. The smallest absolute Gasteiger partial charge is 0.265 e. The first-order valence-electron chi connectivity index (χ1n) is 5.94. The molecule has 0 saturated carbocycles. The van der Waals surface area contributed by atoms with Crippen LogP contribution in [-0.4, -0.2) is 20.1 Å². The van der Waals surface area contributed by atoms with Gasteiger partial charge in [0.15, 0.2) is 0 Å². The summed E-state index contributed by atoms with van der Waals surface area (Å²) in [5.74, 6) is 1.02. The summed E-state index contributed by atoms with van der Waals surface area (Å²) in [4.78, 5) is 13.6. The van der Waals surface area contributed by atoms with Gasteiger partial charge in [0.05, 0.1) is 19.1 Å². The SMILES string of the molecule is COc1cc(NC(=O)c2cc(N)c(C)s2)cc(OC)c1. The lowest BCUT2D eigenvalue weighted by Crippen LogP contribution is -2.10. The first-order chi connectivity index (χ1) is 9.53. The van der Waals surface area contributed by atoms with Crippen molar-refractivity contribution < 1.29 is 14.3 Å². The summed E-state index contributed by atoms with van der Waals surface area (Å²) in [6, 6.07) is 6.87. The molecule has 2 rings (SSSR count). The number of aryl methyl sites for hydroxylation is 1. The van der Waals surface area contributed by atoms with E-state index in [1.807, 2.05) is 6.92 Å². The number of methoxy groups -OCH3 is 2. The molecule has 1 heterocycles. The van der Waals surface area contributed by atoms with Gasteiger partial charge in [-0.05, 0) is 13.0 Å². The zero-order valence-electron chi connectivity index (χ0n) is 11.5. The predicted octanol–water partition coefficient (Wildman–Crippen LogP) is 2.91. The van der Waals surface area contributed by atoms with Crippen molar-refractivity contribution in [1.29, 1.82) is 0 Å². The van der Waals surface area contributed by atoms with Gasteiger partial charge in [-0.25, -0.2) is 0 Å². The van der Waals surface area contributed by atoms with Gasteiger partial charge in [-0.1, -0.05) is 0 Å². The van der Waals surface area contributed by atoms with Gasteiger partial charge < -0.3 is 20.5 Å². The number of ether oxygens (including phenoxy) is 2. The van der Waals surface area contributed by atoms with Crippen LogP contribution in [0, 0.1) is 6.92 Å². The zero-order valence-corrected chi connectivity index (χ0v) is 12.3. The topological polar surface area (TPSA) is 73.6 Å². The van der Waals surface area contributed by atoms with Crippen LogP contribution < -0.4 is 20.5 Å². The van der Waals surface area contributed by atoms with Crippen molar-refractivity contribution in [2.75, 3.05) is 25.3 Å². The second-order valence-corrected chi connectivity index (χ2v) is 5.43. The summed E-state index contributed by atoms with van der Waals surface area (Å²) < 4.78 is 10.3. The Labute approximate surface area is 121 Å². The molecule has 0 bridgehead atoms. The van der Waals surface area contributed by atoms with Crippen molar-refractivity contribution in [1.82, 2.24) is 0 Å². The van der Waals surface area contributed by atoms with E-state index in [4.69, 9.17) is 15.2 Å². The van der Waals surface area contributed by atoms with E-state index in [1.165, 1.54) is 11.3 Å². The number of nitrogens with two attached hydrogens (primary N) is 1. The van der Waals surface area contributed by atoms with E-state index < -0.39 is 0 Å². The number of anilines is 2. The van der Waals surface area contributed by atoms with Crippen molar-refractivity contribution in [2.45, 2.75) is 6.92 Å². The Morgan fingerprint density at radius 1 is 1.15 bits per heavy atom. The number of hydrogen-bond donors (Lipinski definition) is 2. The van der Waals surface area contributed by atoms with Crippen LogP contribution in [0.4, 0.5) is 11.4 Å². The van der Waals surface area contributed by atoms with E-state index >= 15 is 0 Å². The maximum atomic E-state index is 12.1. The molecule has 1 aromatic carbocycles. The van der Waals surface area contributed by atoms with Gasteiger partial charge in [0, 0.05) is 34.5 Å². The minimum absolute atomic E-state index is 0.204. The van der Waals surface area contributed by atoms with E-state index in [9.17, 15) is 4.79 Å². The fourth-order valence-electron chi connectivity index (χ4n) is 1.68. The molecule has 0 aliphatic heterocycles. The number of nitrogen functional groups attached to an aromatic ring is 1. The molecule has 1 aromatic heterocycles. The van der Waals surface area contributed by atoms with Crippen LogP contribution >= 0.6 is 11.3 Å². The van der Waals surface area contributed by atoms with Crippen molar-refractivity contribution in [3.8, 4) is 11.5 Å². The summed E-state index contributed by atoms with van der Waals surface area (Å²) in [7, 11) is 3.12. The zero-order chi connectivity index (χ0) is 14.7. The van der Waals surface area contributed by atoms with Crippen molar-refractivity contribution >= 4 is 28.6 Å². The summed E-state index contributed by atoms with van der Waals surface area (Å²) in [6.07, 6.45) is 0. The Hall–Kier alpha value is -2.21. The lowest BCUT2D eigenvalue weighted by atomic mass is 10.2. The molecule has 6 heteroatoms. The highest BCUT2D eigenvalue weighted by atomic mass is 32.1. The third kappa shape index (κ3) is 3.03. The minimum atomic E-state index is -0.204. The van der Waals surface area contributed by atoms with Crippen molar-refractivity contribution in [3.05, 3.63) is 34.0 Å². The number of hydrogen-bond acceptors (Lipinski definition) is 5. The third-order valence-electron chi connectivity index (χ3n) is 2.79. The van der Waals surface area contributed by atoms with E-state index in [1.54, 1.807) is 38.5 Å². The summed E-state index contributed by atoms with van der Waals surface area (Å²) in [5, 5.41) is 2.80. The van der Waals surface area contributed by atoms with Crippen LogP contribution in [0.15, 0.2) is 24.3 Å². The molecule has 0 aliphatic rings. The summed E-state index contributed by atoms with van der Waals surface area (Å²) in [5.41, 5.74) is 6.99. The maximum absolute atomic E-state index is 12.1. The third-order valence-corrected chi connectivity index (χ3v) is 3.85. The highest BCUT2D eigenvalue weighted by Crippen LogP contribution is 2.28. The molecule has 0 radical (unpaired) electrons. The number of benzene rings is 1. The Morgan fingerprint density at radius 2 is 1.75 bits per heavy atom. The van der Waals surface area contributed by atoms with Crippen molar-refractivity contribution in [2.24, 2.45) is 0 Å². The maximum Gasteiger partial charge on any atom is 0.265 e. The normalized spacial score (nSPS) is 10.2. The van der Waals surface area contributed by atoms with Crippen LogP contribution in [0.1, 0.15) is 14.5 Å². The summed E-state index contributed by atoms with van der Waals surface area (Å²) in [6.45, 7) is 1.88. The van der Waals surface area contributed by atoms with E-state index in [-0.39, 0.29) is 5.91 Å². The van der Waals surface area contributed by atoms with Gasteiger partial charge in [-0.15, -0.1) is 11.3 Å². The Bertz CT molecular complexity index is 596. The van der Waals surface area contributed by atoms with Gasteiger partial charge in [-0.2, -0.15) is 0 Å². The molecule has 2 aromatic rings. The number of thiophene rings is 1. The van der Waals surface area contributed by atoms with Gasteiger partial charge >= 0.3 is 0 Å². The molecule has 0 saturated heterocycles. The van der Waals surface area contributed by atoms with Gasteiger partial charge in [0.2, 0.25) is 0 Å². The highest BCUT2D eigenvalue weighted by molar-refractivity contribution is 7.14. The first-order valence-corrected chi connectivity index (χ1v) is 6.75. The van der Waals surface area contributed by atoms with E-state index in [2.05, 4.69) is 5.32 Å². The minimum Gasteiger partial charge on any atom is -0.497 e. The molecule has 0 aliphatic carbocycles. The largest absolute Gasteiger partial charge is 0.497 e. The molecule has 0 unspecified atom stereocenters. The monoisotopic (exact) mass is 292 g/mol. The Kier molecular flexibility index (Phi) is 4.14. The Morgan fingerprint density at radius 3 is 2.20 bits per heavy atom. The van der Waals surface area contributed by atoms with Crippen LogP contribution in [0.3, 0.4) is 0 Å². The second-order valence-electron chi connectivity index (χ2n) is 4.18. The van der Waals surface area contributed by atoms with Gasteiger partial charge in [0.1, 0.15) is 11.5 Å². The number of carbonyl (C=O) groups is 1. The van der Waals surface area contributed by atoms with E-state index in [0.29, 0.717) is 27.8 Å². The predicted molar refractivity (Wildman–Crippen MR) is 81.0 cm³/mol. The molecule has 0 atom stereocenters. The average Bonchev–Trinajstić information content (AvgIpc) is 2.78. The van der Waals surface area contributed by atoms with Gasteiger partial charge in [-0.3, -0.25) is 4.79 Å². The number of amides is 1. The first kappa shape index (κ1) is 14.2. The molecule has 5 nitrogen and oxygen atoms in total. The van der Waals surface area contributed by atoms with Crippen LogP contribution in [-0.2, 0) is 0 Å². The molecule has 20 heavy (non-hydrogen) atoms. The molecule has 0 spiro atoms. The average molecular weight is 292 g/mol. The van der Waals surface area contributed by atoms with Crippen LogP contribution in [0.5, 0.6) is 11.5 Å². The summed E-state index contributed by atoms with van der Waals surface area (Å²) >= 11 is 1.36. The lowest BCUT2D eigenvalue weighted by Gasteiger charge is -2.09. The van der Waals surface area contributed by atoms with Gasteiger partial charge in [0.25, 0.3) is 5.91 Å². The number of carbonyl (C=O) groups excluding carboxylic acids is 1. The molecular weight excluding hydrogens is 276 g/mol. The Balaban J connectivity index is 2.22. The highest BCUT2D eigenvalue weighted by Gasteiger charge is 2.12.